The van der Waals surface area contributed by atoms with Gasteiger partial charge in [-0.25, -0.2) is 14.8 Å². The van der Waals surface area contributed by atoms with E-state index in [9.17, 15) is 9.90 Å². The number of hydrogen-bond donors (Lipinski definition) is 1. The van der Waals surface area contributed by atoms with Crippen LogP contribution in [-0.4, -0.2) is 28.1 Å². The Labute approximate surface area is 121 Å². The number of nitrogens with zero attached hydrogens (tertiary/aromatic N) is 3. The average molecular weight is 292 g/mol. The number of benzene rings is 1. The first kappa shape index (κ1) is 14.3. The van der Waals surface area contributed by atoms with Gasteiger partial charge >= 0.3 is 5.97 Å². The van der Waals surface area contributed by atoms with Crippen molar-refractivity contribution in [1.29, 1.82) is 0 Å². The number of hydrogen-bond acceptors (Lipinski definition) is 4. The third-order valence-corrected chi connectivity index (χ3v) is 3.23. The van der Waals surface area contributed by atoms with Crippen LogP contribution in [0.3, 0.4) is 0 Å². The van der Waals surface area contributed by atoms with Crippen LogP contribution in [-0.2, 0) is 6.42 Å². The fourth-order valence-corrected chi connectivity index (χ4v) is 2.07. The summed E-state index contributed by atoms with van der Waals surface area (Å²) < 4.78 is 0. The maximum atomic E-state index is 11.3. The molecule has 1 heterocycles. The summed E-state index contributed by atoms with van der Waals surface area (Å²) in [7, 11) is 1.80. The summed E-state index contributed by atoms with van der Waals surface area (Å²) in [6, 6.07) is 7.02. The molecule has 0 bridgehead atoms. The van der Waals surface area contributed by atoms with Gasteiger partial charge in [0.15, 0.2) is 0 Å². The van der Waals surface area contributed by atoms with Gasteiger partial charge in [-0.1, -0.05) is 13.0 Å². The highest BCUT2D eigenvalue weighted by molar-refractivity contribution is 6.28. The quantitative estimate of drug-likeness (QED) is 0.877. The van der Waals surface area contributed by atoms with E-state index in [1.165, 1.54) is 0 Å². The van der Waals surface area contributed by atoms with E-state index in [0.29, 0.717) is 17.8 Å². The summed E-state index contributed by atoms with van der Waals surface area (Å²) in [5, 5.41) is 9.40. The number of anilines is 2. The molecule has 1 aromatic heterocycles. The van der Waals surface area contributed by atoms with Crippen molar-refractivity contribution < 1.29 is 9.90 Å². The van der Waals surface area contributed by atoms with E-state index in [-0.39, 0.29) is 5.28 Å². The molecule has 0 aliphatic heterocycles. The summed E-state index contributed by atoms with van der Waals surface area (Å²) in [6.45, 7) is 1.93. The van der Waals surface area contributed by atoms with Gasteiger partial charge in [-0.15, -0.1) is 0 Å². The van der Waals surface area contributed by atoms with Crippen molar-refractivity contribution in [2.75, 3.05) is 11.9 Å². The summed E-state index contributed by atoms with van der Waals surface area (Å²) in [5.74, 6) is -0.330. The second-order valence-electron chi connectivity index (χ2n) is 4.24. The number of aromatic nitrogens is 2. The van der Waals surface area contributed by atoms with Gasteiger partial charge in [0, 0.05) is 18.9 Å². The number of rotatable bonds is 4. The first-order chi connectivity index (χ1) is 9.52. The molecule has 0 fully saturated rings. The van der Waals surface area contributed by atoms with Gasteiger partial charge in [-0.2, -0.15) is 0 Å². The molecule has 0 aliphatic carbocycles. The predicted octanol–water partition coefficient (Wildman–Crippen LogP) is 3.16. The van der Waals surface area contributed by atoms with Crippen molar-refractivity contribution >= 4 is 29.1 Å². The fourth-order valence-electron chi connectivity index (χ4n) is 1.93. The maximum Gasteiger partial charge on any atom is 0.336 e. The van der Waals surface area contributed by atoms with E-state index in [4.69, 9.17) is 11.6 Å². The number of halogens is 1. The fraction of sp³-hybridized carbons (Fsp3) is 0.214. The molecule has 20 heavy (non-hydrogen) atoms. The van der Waals surface area contributed by atoms with Crippen LogP contribution in [0.5, 0.6) is 0 Å². The van der Waals surface area contributed by atoms with Crippen LogP contribution in [0.4, 0.5) is 11.5 Å². The lowest BCUT2D eigenvalue weighted by Gasteiger charge is -2.19. The highest BCUT2D eigenvalue weighted by Gasteiger charge is 2.13. The van der Waals surface area contributed by atoms with E-state index in [2.05, 4.69) is 9.97 Å². The molecule has 0 saturated heterocycles. The topological polar surface area (TPSA) is 66.3 Å². The van der Waals surface area contributed by atoms with E-state index in [1.807, 2.05) is 19.1 Å². The lowest BCUT2D eigenvalue weighted by molar-refractivity contribution is 0.0696. The molecule has 0 radical (unpaired) electrons. The average Bonchev–Trinajstić information content (AvgIpc) is 2.45. The molecule has 1 N–H and O–H groups in total. The van der Waals surface area contributed by atoms with Gasteiger partial charge in [0.1, 0.15) is 5.82 Å². The third-order valence-electron chi connectivity index (χ3n) is 3.05. The molecule has 0 aliphatic rings. The SMILES string of the molecule is CCc1ccc(N(C)c2ccnc(Cl)n2)cc1C(=O)O. The Morgan fingerprint density at radius 2 is 2.15 bits per heavy atom. The number of aryl methyl sites for hydroxylation is 1. The minimum absolute atomic E-state index is 0.151. The van der Waals surface area contributed by atoms with Gasteiger partial charge in [0.05, 0.1) is 5.56 Å². The number of aromatic carboxylic acids is 1. The Morgan fingerprint density at radius 1 is 1.40 bits per heavy atom. The molecule has 0 spiro atoms. The van der Waals surface area contributed by atoms with Crippen molar-refractivity contribution in [3.63, 3.8) is 0 Å². The Kier molecular flexibility index (Phi) is 4.20. The summed E-state index contributed by atoms with van der Waals surface area (Å²) >= 11 is 5.76. The molecule has 0 unspecified atom stereocenters. The minimum Gasteiger partial charge on any atom is -0.478 e. The molecule has 0 saturated carbocycles. The molecule has 0 amide bonds. The van der Waals surface area contributed by atoms with Crippen LogP contribution in [0, 0.1) is 0 Å². The van der Waals surface area contributed by atoms with Gasteiger partial charge in [0.25, 0.3) is 0 Å². The normalized spacial score (nSPS) is 10.3. The van der Waals surface area contributed by atoms with Crippen LogP contribution in [0.1, 0.15) is 22.8 Å². The van der Waals surface area contributed by atoms with Crippen molar-refractivity contribution in [3.05, 3.63) is 46.9 Å². The molecular weight excluding hydrogens is 278 g/mol. The van der Waals surface area contributed by atoms with Crippen LogP contribution < -0.4 is 4.90 Å². The highest BCUT2D eigenvalue weighted by Crippen LogP contribution is 2.25. The molecule has 0 atom stereocenters. The predicted molar refractivity (Wildman–Crippen MR) is 77.9 cm³/mol. The minimum atomic E-state index is -0.933. The van der Waals surface area contributed by atoms with E-state index >= 15 is 0 Å². The Balaban J connectivity index is 2.42. The zero-order chi connectivity index (χ0) is 14.7. The van der Waals surface area contributed by atoms with Crippen LogP contribution in [0.15, 0.2) is 30.5 Å². The second-order valence-corrected chi connectivity index (χ2v) is 4.58. The van der Waals surface area contributed by atoms with Gasteiger partial charge < -0.3 is 10.0 Å². The zero-order valence-electron chi connectivity index (χ0n) is 11.2. The van der Waals surface area contributed by atoms with Crippen molar-refractivity contribution in [1.82, 2.24) is 9.97 Å². The summed E-state index contributed by atoms with van der Waals surface area (Å²) in [5.41, 5.74) is 1.83. The molecule has 2 rings (SSSR count). The van der Waals surface area contributed by atoms with E-state index in [1.54, 1.807) is 30.3 Å². The Morgan fingerprint density at radius 3 is 2.75 bits per heavy atom. The molecule has 6 heteroatoms. The largest absolute Gasteiger partial charge is 0.478 e. The van der Waals surface area contributed by atoms with Gasteiger partial charge in [-0.3, -0.25) is 0 Å². The monoisotopic (exact) mass is 291 g/mol. The smallest absolute Gasteiger partial charge is 0.336 e. The number of carboxylic acid groups (broad SMARTS) is 1. The summed E-state index contributed by atoms with van der Waals surface area (Å²) in [4.78, 5) is 21.0. The highest BCUT2D eigenvalue weighted by atomic mass is 35.5. The van der Waals surface area contributed by atoms with Crippen molar-refractivity contribution in [2.24, 2.45) is 0 Å². The number of carbonyl (C=O) groups is 1. The second kappa shape index (κ2) is 5.88. The molecule has 2 aromatic rings. The van der Waals surface area contributed by atoms with Crippen LogP contribution in [0.2, 0.25) is 5.28 Å². The first-order valence-corrected chi connectivity index (χ1v) is 6.49. The van der Waals surface area contributed by atoms with E-state index < -0.39 is 5.97 Å². The Hall–Kier alpha value is -2.14. The van der Waals surface area contributed by atoms with E-state index in [0.717, 1.165) is 11.3 Å². The molecular formula is C14H14ClN3O2. The number of carboxylic acids is 1. The lowest BCUT2D eigenvalue weighted by atomic mass is 10.0. The van der Waals surface area contributed by atoms with Crippen molar-refractivity contribution in [3.8, 4) is 0 Å². The van der Waals surface area contributed by atoms with Gasteiger partial charge in [0.2, 0.25) is 5.28 Å². The standard InChI is InChI=1S/C14H14ClN3O2/c1-3-9-4-5-10(8-11(9)13(19)20)18(2)12-6-7-16-14(15)17-12/h4-8H,3H2,1-2H3,(H,19,20). The summed E-state index contributed by atoms with van der Waals surface area (Å²) in [6.07, 6.45) is 2.23. The Bertz CT molecular complexity index is 646. The lowest BCUT2D eigenvalue weighted by Crippen LogP contribution is -2.13. The molecule has 1 aromatic carbocycles. The van der Waals surface area contributed by atoms with Crippen molar-refractivity contribution in [2.45, 2.75) is 13.3 Å². The first-order valence-electron chi connectivity index (χ1n) is 6.11. The zero-order valence-corrected chi connectivity index (χ0v) is 11.9. The van der Waals surface area contributed by atoms with Crippen LogP contribution >= 0.6 is 11.6 Å². The maximum absolute atomic E-state index is 11.3. The molecule has 104 valence electrons. The van der Waals surface area contributed by atoms with Crippen LogP contribution in [0.25, 0.3) is 0 Å². The molecule has 5 nitrogen and oxygen atoms in total. The third kappa shape index (κ3) is 2.88. The van der Waals surface area contributed by atoms with Gasteiger partial charge in [-0.05, 0) is 41.8 Å².